The van der Waals surface area contributed by atoms with Gasteiger partial charge in [-0.2, -0.15) is 0 Å². The van der Waals surface area contributed by atoms with Gasteiger partial charge in [0.1, 0.15) is 0 Å². The molecule has 0 bridgehead atoms. The number of carbonyl (C=O) groups is 1. The lowest BCUT2D eigenvalue weighted by molar-refractivity contribution is -0.123. The van der Waals surface area contributed by atoms with Crippen LogP contribution in [0.1, 0.15) is 34.1 Å². The summed E-state index contributed by atoms with van der Waals surface area (Å²) in [6.45, 7) is 10.5. The molecule has 4 nitrogen and oxygen atoms in total. The van der Waals surface area contributed by atoms with E-state index in [1.807, 2.05) is 13.8 Å². The van der Waals surface area contributed by atoms with Gasteiger partial charge in [0.25, 0.3) is 0 Å². The predicted octanol–water partition coefficient (Wildman–Crippen LogP) is 0.557. The SMILES string of the molecule is CCC(C(N)=O)N(CC)CC(C)(C)CN. The number of likely N-dealkylation sites (N-methyl/N-ethyl adjacent to an activating group) is 1. The van der Waals surface area contributed by atoms with Crippen LogP contribution in [-0.4, -0.2) is 36.5 Å². The van der Waals surface area contributed by atoms with Gasteiger partial charge in [0.2, 0.25) is 5.91 Å². The second-order valence-corrected chi connectivity index (χ2v) is 4.76. The molecule has 0 radical (unpaired) electrons. The van der Waals surface area contributed by atoms with Gasteiger partial charge in [-0.25, -0.2) is 0 Å². The Morgan fingerprint density at radius 2 is 1.93 bits per heavy atom. The fraction of sp³-hybridized carbons (Fsp3) is 0.909. The fourth-order valence-electron chi connectivity index (χ4n) is 1.70. The molecule has 0 aromatic carbocycles. The third-order valence-electron chi connectivity index (χ3n) is 2.75. The van der Waals surface area contributed by atoms with Crippen molar-refractivity contribution in [1.82, 2.24) is 4.90 Å². The Labute approximate surface area is 93.0 Å². The van der Waals surface area contributed by atoms with Gasteiger partial charge in [-0.1, -0.05) is 27.7 Å². The molecule has 1 amide bonds. The van der Waals surface area contributed by atoms with Crippen molar-refractivity contribution in [3.05, 3.63) is 0 Å². The smallest absolute Gasteiger partial charge is 0.234 e. The molecule has 0 rings (SSSR count). The van der Waals surface area contributed by atoms with Crippen LogP contribution < -0.4 is 11.5 Å². The molecule has 0 saturated heterocycles. The van der Waals surface area contributed by atoms with Crippen molar-refractivity contribution in [2.24, 2.45) is 16.9 Å². The van der Waals surface area contributed by atoms with Crippen LogP contribution in [0.5, 0.6) is 0 Å². The van der Waals surface area contributed by atoms with Crippen LogP contribution in [0, 0.1) is 5.41 Å². The number of amides is 1. The molecule has 4 heteroatoms. The first-order chi connectivity index (χ1) is 6.87. The molecule has 0 aromatic heterocycles. The standard InChI is InChI=1S/C11H25N3O/c1-5-9(10(13)15)14(6-2)8-11(3,4)7-12/h9H,5-8,12H2,1-4H3,(H2,13,15). The summed E-state index contributed by atoms with van der Waals surface area (Å²) in [5.41, 5.74) is 11.1. The molecule has 1 unspecified atom stereocenters. The maximum absolute atomic E-state index is 11.3. The van der Waals surface area contributed by atoms with E-state index in [2.05, 4.69) is 18.7 Å². The molecule has 0 aromatic rings. The molecule has 0 aliphatic rings. The molecule has 4 N–H and O–H groups in total. The first kappa shape index (κ1) is 14.4. The van der Waals surface area contributed by atoms with Crippen LogP contribution >= 0.6 is 0 Å². The van der Waals surface area contributed by atoms with E-state index in [4.69, 9.17) is 11.5 Å². The van der Waals surface area contributed by atoms with E-state index in [0.29, 0.717) is 6.54 Å². The van der Waals surface area contributed by atoms with Crippen LogP contribution in [0.15, 0.2) is 0 Å². The number of hydrogen-bond donors (Lipinski definition) is 2. The Bertz CT molecular complexity index is 204. The molecule has 1 atom stereocenters. The number of rotatable bonds is 7. The van der Waals surface area contributed by atoms with Crippen molar-refractivity contribution in [2.75, 3.05) is 19.6 Å². The van der Waals surface area contributed by atoms with Crippen LogP contribution in [0.4, 0.5) is 0 Å². The molecule has 0 fully saturated rings. The van der Waals surface area contributed by atoms with Gasteiger partial charge in [0.05, 0.1) is 6.04 Å². The van der Waals surface area contributed by atoms with E-state index in [-0.39, 0.29) is 17.4 Å². The molecule has 0 aliphatic carbocycles. The van der Waals surface area contributed by atoms with E-state index >= 15 is 0 Å². The highest BCUT2D eigenvalue weighted by Gasteiger charge is 2.26. The first-order valence-corrected chi connectivity index (χ1v) is 5.61. The maximum atomic E-state index is 11.3. The summed E-state index contributed by atoms with van der Waals surface area (Å²) in [5, 5.41) is 0. The fourth-order valence-corrected chi connectivity index (χ4v) is 1.70. The molecular weight excluding hydrogens is 190 g/mol. The lowest BCUT2D eigenvalue weighted by Gasteiger charge is -2.34. The molecule has 0 heterocycles. The zero-order valence-corrected chi connectivity index (χ0v) is 10.4. The Morgan fingerprint density at radius 3 is 2.20 bits per heavy atom. The highest BCUT2D eigenvalue weighted by atomic mass is 16.1. The zero-order valence-electron chi connectivity index (χ0n) is 10.4. The third kappa shape index (κ3) is 4.62. The van der Waals surface area contributed by atoms with Crippen LogP contribution in [-0.2, 0) is 4.79 Å². The van der Waals surface area contributed by atoms with Crippen LogP contribution in [0.2, 0.25) is 0 Å². The molecule has 0 aliphatic heterocycles. The van der Waals surface area contributed by atoms with Gasteiger partial charge >= 0.3 is 0 Å². The quantitative estimate of drug-likeness (QED) is 0.651. The number of primary amides is 1. The molecule has 90 valence electrons. The number of nitrogens with zero attached hydrogens (tertiary/aromatic N) is 1. The van der Waals surface area contributed by atoms with Crippen molar-refractivity contribution in [3.8, 4) is 0 Å². The van der Waals surface area contributed by atoms with Gasteiger partial charge in [-0.15, -0.1) is 0 Å². The largest absolute Gasteiger partial charge is 0.368 e. The maximum Gasteiger partial charge on any atom is 0.234 e. The Hall–Kier alpha value is -0.610. The van der Waals surface area contributed by atoms with Gasteiger partial charge in [0, 0.05) is 6.54 Å². The van der Waals surface area contributed by atoms with E-state index in [9.17, 15) is 4.79 Å². The lowest BCUT2D eigenvalue weighted by atomic mass is 9.92. The average Bonchev–Trinajstić information content (AvgIpc) is 2.16. The Morgan fingerprint density at radius 1 is 1.40 bits per heavy atom. The van der Waals surface area contributed by atoms with Gasteiger partial charge in [0.15, 0.2) is 0 Å². The van der Waals surface area contributed by atoms with Crippen molar-refractivity contribution in [1.29, 1.82) is 0 Å². The van der Waals surface area contributed by atoms with E-state index in [1.165, 1.54) is 0 Å². The highest BCUT2D eigenvalue weighted by Crippen LogP contribution is 2.17. The topological polar surface area (TPSA) is 72.4 Å². The number of hydrogen-bond acceptors (Lipinski definition) is 3. The van der Waals surface area contributed by atoms with E-state index in [0.717, 1.165) is 19.5 Å². The van der Waals surface area contributed by atoms with Crippen molar-refractivity contribution in [3.63, 3.8) is 0 Å². The second kappa shape index (κ2) is 6.08. The minimum atomic E-state index is -0.243. The third-order valence-corrected chi connectivity index (χ3v) is 2.75. The summed E-state index contributed by atoms with van der Waals surface area (Å²) in [7, 11) is 0. The summed E-state index contributed by atoms with van der Waals surface area (Å²) < 4.78 is 0. The van der Waals surface area contributed by atoms with E-state index in [1.54, 1.807) is 0 Å². The molecule has 15 heavy (non-hydrogen) atoms. The van der Waals surface area contributed by atoms with Crippen molar-refractivity contribution < 1.29 is 4.79 Å². The summed E-state index contributed by atoms with van der Waals surface area (Å²) in [5.74, 6) is -0.243. The summed E-state index contributed by atoms with van der Waals surface area (Å²) in [6, 6.07) is -0.166. The minimum absolute atomic E-state index is 0.0267. The van der Waals surface area contributed by atoms with Gasteiger partial charge in [-0.3, -0.25) is 9.69 Å². The lowest BCUT2D eigenvalue weighted by Crippen LogP contribution is -2.49. The van der Waals surface area contributed by atoms with Gasteiger partial charge < -0.3 is 11.5 Å². The monoisotopic (exact) mass is 215 g/mol. The van der Waals surface area contributed by atoms with Gasteiger partial charge in [-0.05, 0) is 24.9 Å². The summed E-state index contributed by atoms with van der Waals surface area (Å²) in [4.78, 5) is 13.4. The highest BCUT2D eigenvalue weighted by molar-refractivity contribution is 5.79. The van der Waals surface area contributed by atoms with Crippen molar-refractivity contribution >= 4 is 5.91 Å². The summed E-state index contributed by atoms with van der Waals surface area (Å²) >= 11 is 0. The minimum Gasteiger partial charge on any atom is -0.368 e. The number of nitrogens with two attached hydrogens (primary N) is 2. The van der Waals surface area contributed by atoms with E-state index < -0.39 is 0 Å². The molecule has 0 saturated carbocycles. The summed E-state index contributed by atoms with van der Waals surface area (Å²) in [6.07, 6.45) is 0.754. The zero-order chi connectivity index (χ0) is 12.1. The van der Waals surface area contributed by atoms with Crippen molar-refractivity contribution in [2.45, 2.75) is 40.2 Å². The average molecular weight is 215 g/mol. The second-order valence-electron chi connectivity index (χ2n) is 4.76. The molecular formula is C11H25N3O. The Kier molecular flexibility index (Phi) is 5.83. The molecule has 0 spiro atoms. The van der Waals surface area contributed by atoms with Crippen LogP contribution in [0.3, 0.4) is 0 Å². The first-order valence-electron chi connectivity index (χ1n) is 5.61. The number of carbonyl (C=O) groups excluding carboxylic acids is 1. The normalized spacial score (nSPS) is 14.3. The van der Waals surface area contributed by atoms with Crippen LogP contribution in [0.25, 0.3) is 0 Å². The Balaban J connectivity index is 4.53. The predicted molar refractivity (Wildman–Crippen MR) is 63.4 cm³/mol.